The summed E-state index contributed by atoms with van der Waals surface area (Å²) in [5, 5.41) is 16.3. The number of nitrogens with zero attached hydrogens (tertiary/aromatic N) is 2. The van der Waals surface area contributed by atoms with Gasteiger partial charge in [0.05, 0.1) is 17.1 Å². The van der Waals surface area contributed by atoms with Crippen molar-refractivity contribution in [2.24, 2.45) is 10.9 Å². The molecule has 0 aromatic heterocycles. The number of sulfone groups is 1. The van der Waals surface area contributed by atoms with Crippen LogP contribution in [0.4, 0.5) is 16.2 Å². The van der Waals surface area contributed by atoms with Crippen LogP contribution in [0.15, 0.2) is 113 Å². The molecule has 4 aromatic rings. The van der Waals surface area contributed by atoms with Crippen LogP contribution in [0.2, 0.25) is 0 Å². The summed E-state index contributed by atoms with van der Waals surface area (Å²) in [5.74, 6) is -0.0507. The van der Waals surface area contributed by atoms with Crippen molar-refractivity contribution in [3.63, 3.8) is 0 Å². The van der Waals surface area contributed by atoms with E-state index in [1.807, 2.05) is 30.3 Å². The molecule has 0 bridgehead atoms. The number of nitrogens with one attached hydrogen (secondary N) is 2. The van der Waals surface area contributed by atoms with Crippen LogP contribution in [0.25, 0.3) is 11.1 Å². The van der Waals surface area contributed by atoms with Gasteiger partial charge in [-0.05, 0) is 41.5 Å². The highest BCUT2D eigenvalue weighted by Crippen LogP contribution is 2.28. The van der Waals surface area contributed by atoms with Gasteiger partial charge in [0.1, 0.15) is 0 Å². The van der Waals surface area contributed by atoms with E-state index in [1.54, 1.807) is 72.8 Å². The highest BCUT2D eigenvalue weighted by Gasteiger charge is 2.17. The predicted molar refractivity (Wildman–Crippen MR) is 149 cm³/mol. The lowest BCUT2D eigenvalue weighted by Crippen LogP contribution is -2.39. The molecule has 4 aromatic carbocycles. The Hall–Kier alpha value is -4.83. The van der Waals surface area contributed by atoms with Crippen LogP contribution in [0.1, 0.15) is 11.1 Å². The topological polar surface area (TPSA) is 137 Å². The molecule has 4 rings (SSSR count). The quantitative estimate of drug-likeness (QED) is 0.111. The molecule has 2 amide bonds. The normalized spacial score (nSPS) is 11.6. The van der Waals surface area contributed by atoms with Gasteiger partial charge in [-0.25, -0.2) is 18.2 Å². The maximum Gasteiger partial charge on any atom is 0.340 e. The third kappa shape index (κ3) is 6.48. The summed E-state index contributed by atoms with van der Waals surface area (Å²) in [6, 6.07) is 29.6. The van der Waals surface area contributed by atoms with Crippen LogP contribution in [0, 0.1) is 0 Å². The standard InChI is InChI=1S/C28H27N5O4S/c1-38(36,37)26-13-6-5-12-25(26)21-14-16-23(17-15-21)30-28(34)33(19-20-8-3-2-4-9-20)31-24-11-7-10-22(18-24)27(29)32-35/h2-18,31,35H,19H2,1H3,(H2,29,32)(H,30,34). The van der Waals surface area contributed by atoms with E-state index in [0.29, 0.717) is 28.1 Å². The average molecular weight is 530 g/mol. The van der Waals surface area contributed by atoms with Gasteiger partial charge in [-0.2, -0.15) is 0 Å². The summed E-state index contributed by atoms with van der Waals surface area (Å²) < 4.78 is 24.4. The zero-order valence-corrected chi connectivity index (χ0v) is 21.4. The Morgan fingerprint density at radius 1 is 0.895 bits per heavy atom. The largest absolute Gasteiger partial charge is 0.409 e. The number of anilines is 2. The molecule has 0 saturated heterocycles. The number of nitrogens with two attached hydrogens (primary N) is 1. The number of rotatable bonds is 8. The number of carbonyl (C=O) groups is 1. The highest BCUT2D eigenvalue weighted by atomic mass is 32.2. The summed E-state index contributed by atoms with van der Waals surface area (Å²) >= 11 is 0. The lowest BCUT2D eigenvalue weighted by molar-refractivity contribution is 0.220. The van der Waals surface area contributed by atoms with Crippen LogP contribution in [0.5, 0.6) is 0 Å². The molecule has 0 aliphatic carbocycles. The van der Waals surface area contributed by atoms with Crippen LogP contribution in [-0.4, -0.2) is 36.8 Å². The van der Waals surface area contributed by atoms with Gasteiger partial charge < -0.3 is 16.3 Å². The zero-order chi connectivity index (χ0) is 27.1. The summed E-state index contributed by atoms with van der Waals surface area (Å²) in [7, 11) is -3.41. The molecule has 5 N–H and O–H groups in total. The first-order valence-corrected chi connectivity index (χ1v) is 13.5. The number of amides is 2. The molecule has 38 heavy (non-hydrogen) atoms. The molecular weight excluding hydrogens is 502 g/mol. The Labute approximate surface area is 221 Å². The van der Waals surface area contributed by atoms with Gasteiger partial charge >= 0.3 is 6.03 Å². The maximum atomic E-state index is 13.3. The van der Waals surface area contributed by atoms with Crippen LogP contribution in [-0.2, 0) is 16.4 Å². The summed E-state index contributed by atoms with van der Waals surface area (Å²) in [4.78, 5) is 13.6. The number of carbonyl (C=O) groups excluding carboxylic acids is 1. The minimum absolute atomic E-state index is 0.0507. The maximum absolute atomic E-state index is 13.3. The third-order valence-corrected chi connectivity index (χ3v) is 6.85. The number of benzene rings is 4. The lowest BCUT2D eigenvalue weighted by atomic mass is 10.1. The average Bonchev–Trinajstić information content (AvgIpc) is 2.93. The first-order valence-electron chi connectivity index (χ1n) is 11.6. The van der Waals surface area contributed by atoms with E-state index in [1.165, 1.54) is 11.3 Å². The fourth-order valence-corrected chi connectivity index (χ4v) is 4.75. The van der Waals surface area contributed by atoms with Gasteiger partial charge in [-0.1, -0.05) is 78.0 Å². The van der Waals surface area contributed by atoms with Crippen LogP contribution < -0.4 is 16.5 Å². The van der Waals surface area contributed by atoms with E-state index >= 15 is 0 Å². The van der Waals surface area contributed by atoms with Crippen molar-refractivity contribution in [1.29, 1.82) is 0 Å². The second-order valence-corrected chi connectivity index (χ2v) is 10.5. The van der Waals surface area contributed by atoms with E-state index in [-0.39, 0.29) is 17.3 Å². The number of amidine groups is 1. The van der Waals surface area contributed by atoms with Crippen LogP contribution >= 0.6 is 0 Å². The molecule has 0 radical (unpaired) electrons. The Bertz CT molecular complexity index is 1560. The van der Waals surface area contributed by atoms with Crippen molar-refractivity contribution in [2.75, 3.05) is 17.0 Å². The first-order chi connectivity index (χ1) is 18.2. The van der Waals surface area contributed by atoms with Gasteiger partial charge in [-0.3, -0.25) is 5.43 Å². The molecule has 0 fully saturated rings. The molecular formula is C28H27N5O4S. The summed E-state index contributed by atoms with van der Waals surface area (Å²) in [5.41, 5.74) is 12.6. The molecule has 9 nitrogen and oxygen atoms in total. The molecule has 0 aliphatic rings. The minimum atomic E-state index is -3.41. The Morgan fingerprint density at radius 3 is 2.26 bits per heavy atom. The zero-order valence-electron chi connectivity index (χ0n) is 20.6. The number of hydrogen-bond donors (Lipinski definition) is 4. The predicted octanol–water partition coefficient (Wildman–Crippen LogP) is 4.91. The fourth-order valence-electron chi connectivity index (χ4n) is 3.84. The van der Waals surface area contributed by atoms with E-state index in [2.05, 4.69) is 15.9 Å². The van der Waals surface area contributed by atoms with E-state index in [4.69, 9.17) is 10.9 Å². The molecule has 0 unspecified atom stereocenters. The minimum Gasteiger partial charge on any atom is -0.409 e. The smallest absolute Gasteiger partial charge is 0.340 e. The molecule has 0 atom stereocenters. The SMILES string of the molecule is CS(=O)(=O)c1ccccc1-c1ccc(NC(=O)N(Cc2ccccc2)Nc2cccc(C(N)=NO)c2)cc1. The second kappa shape index (κ2) is 11.5. The van der Waals surface area contributed by atoms with Crippen molar-refractivity contribution in [3.8, 4) is 11.1 Å². The van der Waals surface area contributed by atoms with Gasteiger partial charge in [0, 0.05) is 23.1 Å². The van der Waals surface area contributed by atoms with Gasteiger partial charge in [0.15, 0.2) is 15.7 Å². The monoisotopic (exact) mass is 529 g/mol. The fraction of sp³-hybridized carbons (Fsp3) is 0.0714. The lowest BCUT2D eigenvalue weighted by Gasteiger charge is -2.25. The molecule has 10 heteroatoms. The second-order valence-electron chi connectivity index (χ2n) is 8.53. The number of hydrogen-bond acceptors (Lipinski definition) is 6. The third-order valence-electron chi connectivity index (χ3n) is 5.69. The number of oxime groups is 1. The summed E-state index contributed by atoms with van der Waals surface area (Å²) in [6.07, 6.45) is 1.18. The van der Waals surface area contributed by atoms with Crippen LogP contribution in [0.3, 0.4) is 0 Å². The highest BCUT2D eigenvalue weighted by molar-refractivity contribution is 7.90. The van der Waals surface area contributed by atoms with E-state index < -0.39 is 15.9 Å². The van der Waals surface area contributed by atoms with Crippen molar-refractivity contribution in [2.45, 2.75) is 11.4 Å². The molecule has 194 valence electrons. The first kappa shape index (κ1) is 26.2. The molecule has 0 saturated carbocycles. The van der Waals surface area contributed by atoms with Crippen molar-refractivity contribution < 1.29 is 18.4 Å². The van der Waals surface area contributed by atoms with Crippen molar-refractivity contribution in [3.05, 3.63) is 114 Å². The van der Waals surface area contributed by atoms with Gasteiger partial charge in [-0.15, -0.1) is 0 Å². The number of hydrazine groups is 1. The Morgan fingerprint density at radius 2 is 1.58 bits per heavy atom. The number of urea groups is 1. The van der Waals surface area contributed by atoms with Gasteiger partial charge in [0.2, 0.25) is 0 Å². The molecule has 0 aliphatic heterocycles. The van der Waals surface area contributed by atoms with E-state index in [0.717, 1.165) is 5.56 Å². The van der Waals surface area contributed by atoms with E-state index in [9.17, 15) is 13.2 Å². The van der Waals surface area contributed by atoms with Gasteiger partial charge in [0.25, 0.3) is 0 Å². The molecule has 0 heterocycles. The Balaban J connectivity index is 1.56. The van der Waals surface area contributed by atoms with Crippen molar-refractivity contribution in [1.82, 2.24) is 5.01 Å². The Kier molecular flexibility index (Phi) is 7.93. The molecule has 0 spiro atoms. The van der Waals surface area contributed by atoms with Crippen molar-refractivity contribution >= 4 is 33.1 Å². The summed E-state index contributed by atoms with van der Waals surface area (Å²) in [6.45, 7) is 0.250.